The molecular formula is C18H36N2. The van der Waals surface area contributed by atoms with E-state index in [1.54, 1.807) is 0 Å². The van der Waals surface area contributed by atoms with Crippen LogP contribution in [0.15, 0.2) is 0 Å². The summed E-state index contributed by atoms with van der Waals surface area (Å²) in [5.41, 5.74) is 0.541. The van der Waals surface area contributed by atoms with Gasteiger partial charge in [-0.3, -0.25) is 0 Å². The van der Waals surface area contributed by atoms with Gasteiger partial charge in [0.05, 0.1) is 0 Å². The molecule has 0 bridgehead atoms. The van der Waals surface area contributed by atoms with Crippen LogP contribution in [0.1, 0.15) is 59.3 Å². The van der Waals surface area contributed by atoms with Gasteiger partial charge < -0.3 is 10.2 Å². The Morgan fingerprint density at radius 3 is 2.65 bits per heavy atom. The predicted octanol–water partition coefficient (Wildman–Crippen LogP) is 3.77. The third-order valence-corrected chi connectivity index (χ3v) is 5.54. The van der Waals surface area contributed by atoms with Crippen LogP contribution < -0.4 is 5.32 Å². The van der Waals surface area contributed by atoms with E-state index in [0.29, 0.717) is 5.41 Å². The van der Waals surface area contributed by atoms with E-state index in [0.717, 1.165) is 17.8 Å². The van der Waals surface area contributed by atoms with E-state index in [2.05, 4.69) is 38.0 Å². The highest BCUT2D eigenvalue weighted by Gasteiger charge is 2.38. The van der Waals surface area contributed by atoms with Crippen LogP contribution in [-0.4, -0.2) is 38.1 Å². The number of nitrogens with one attached hydrogen (secondary N) is 1. The molecule has 2 aliphatic carbocycles. The maximum Gasteiger partial charge on any atom is 0.00473 e. The molecule has 2 saturated carbocycles. The fourth-order valence-electron chi connectivity index (χ4n) is 4.35. The highest BCUT2D eigenvalue weighted by atomic mass is 15.1. The lowest BCUT2D eigenvalue weighted by atomic mass is 9.69. The third kappa shape index (κ3) is 4.73. The Bertz CT molecular complexity index is 291. The molecule has 1 N–H and O–H groups in total. The van der Waals surface area contributed by atoms with Crippen LogP contribution in [0.3, 0.4) is 0 Å². The normalized spacial score (nSPS) is 37.4. The summed E-state index contributed by atoms with van der Waals surface area (Å²) in [6.07, 6.45) is 8.44. The molecule has 118 valence electrons. The molecular weight excluding hydrogens is 244 g/mol. The number of hydrogen-bond acceptors (Lipinski definition) is 2. The van der Waals surface area contributed by atoms with E-state index in [-0.39, 0.29) is 0 Å². The first-order valence-electron chi connectivity index (χ1n) is 8.94. The number of nitrogens with zero attached hydrogens (tertiary/aromatic N) is 1. The molecule has 0 aromatic carbocycles. The fraction of sp³-hybridized carbons (Fsp3) is 1.00. The van der Waals surface area contributed by atoms with Crippen molar-refractivity contribution < 1.29 is 0 Å². The molecule has 2 heteroatoms. The van der Waals surface area contributed by atoms with E-state index >= 15 is 0 Å². The Balaban J connectivity index is 1.87. The lowest BCUT2D eigenvalue weighted by Crippen LogP contribution is -2.46. The Morgan fingerprint density at radius 1 is 1.30 bits per heavy atom. The van der Waals surface area contributed by atoms with Gasteiger partial charge in [-0.1, -0.05) is 33.6 Å². The molecule has 0 radical (unpaired) electrons. The Hall–Kier alpha value is -0.0800. The first-order valence-corrected chi connectivity index (χ1v) is 8.94. The van der Waals surface area contributed by atoms with Crippen molar-refractivity contribution in [2.75, 3.05) is 33.2 Å². The number of rotatable bonds is 8. The summed E-state index contributed by atoms with van der Waals surface area (Å²) in [5, 5.41) is 3.72. The summed E-state index contributed by atoms with van der Waals surface area (Å²) in [6, 6.07) is 0. The van der Waals surface area contributed by atoms with E-state index in [1.807, 2.05) is 0 Å². The standard InChI is InChI=1S/C18H36N2/c1-5-9-19-13-18(8-6-7-15(2)11-18)14-20(4)12-17-10-16(17)3/h15-17,19H,5-14H2,1-4H3. The Morgan fingerprint density at radius 2 is 2.05 bits per heavy atom. The van der Waals surface area contributed by atoms with Crippen LogP contribution in [-0.2, 0) is 0 Å². The molecule has 0 saturated heterocycles. The zero-order valence-electron chi connectivity index (χ0n) is 14.3. The fourth-order valence-corrected chi connectivity index (χ4v) is 4.35. The lowest BCUT2D eigenvalue weighted by Gasteiger charge is -2.43. The SMILES string of the molecule is CCCNCC1(CN(C)CC2CC2C)CCCC(C)C1. The van der Waals surface area contributed by atoms with Crippen LogP contribution in [0.5, 0.6) is 0 Å². The maximum atomic E-state index is 3.72. The van der Waals surface area contributed by atoms with Gasteiger partial charge >= 0.3 is 0 Å². The third-order valence-electron chi connectivity index (χ3n) is 5.54. The van der Waals surface area contributed by atoms with Gasteiger partial charge in [-0.25, -0.2) is 0 Å². The molecule has 0 aliphatic heterocycles. The molecule has 2 nitrogen and oxygen atoms in total. The summed E-state index contributed by atoms with van der Waals surface area (Å²) >= 11 is 0. The van der Waals surface area contributed by atoms with E-state index in [9.17, 15) is 0 Å². The van der Waals surface area contributed by atoms with Gasteiger partial charge in [0.15, 0.2) is 0 Å². The van der Waals surface area contributed by atoms with Crippen molar-refractivity contribution in [2.45, 2.75) is 59.3 Å². The minimum Gasteiger partial charge on any atom is -0.316 e. The van der Waals surface area contributed by atoms with Crippen molar-refractivity contribution in [3.63, 3.8) is 0 Å². The van der Waals surface area contributed by atoms with Gasteiger partial charge in [0.2, 0.25) is 0 Å². The van der Waals surface area contributed by atoms with Crippen LogP contribution in [0.25, 0.3) is 0 Å². The summed E-state index contributed by atoms with van der Waals surface area (Å²) in [4.78, 5) is 2.64. The van der Waals surface area contributed by atoms with E-state index in [1.165, 1.54) is 64.7 Å². The monoisotopic (exact) mass is 280 g/mol. The first kappa shape index (κ1) is 16.3. The van der Waals surface area contributed by atoms with Crippen molar-refractivity contribution in [1.29, 1.82) is 0 Å². The maximum absolute atomic E-state index is 3.72. The highest BCUT2D eigenvalue weighted by Crippen LogP contribution is 2.41. The van der Waals surface area contributed by atoms with Crippen LogP contribution in [0.4, 0.5) is 0 Å². The van der Waals surface area contributed by atoms with E-state index < -0.39 is 0 Å². The second-order valence-electron chi connectivity index (χ2n) is 8.05. The van der Waals surface area contributed by atoms with Crippen molar-refractivity contribution in [3.05, 3.63) is 0 Å². The molecule has 2 aliphatic rings. The van der Waals surface area contributed by atoms with Gasteiger partial charge in [0, 0.05) is 19.6 Å². The molecule has 20 heavy (non-hydrogen) atoms. The van der Waals surface area contributed by atoms with Gasteiger partial charge in [-0.15, -0.1) is 0 Å². The van der Waals surface area contributed by atoms with Crippen molar-refractivity contribution in [1.82, 2.24) is 10.2 Å². The van der Waals surface area contributed by atoms with Gasteiger partial charge in [0.1, 0.15) is 0 Å². The smallest absolute Gasteiger partial charge is 0.00473 e. The van der Waals surface area contributed by atoms with Gasteiger partial charge in [0.25, 0.3) is 0 Å². The van der Waals surface area contributed by atoms with Gasteiger partial charge in [-0.05, 0) is 62.4 Å². The molecule has 0 aromatic heterocycles. The van der Waals surface area contributed by atoms with Gasteiger partial charge in [-0.2, -0.15) is 0 Å². The number of hydrogen-bond donors (Lipinski definition) is 1. The molecule has 2 rings (SSSR count). The average Bonchev–Trinajstić information content (AvgIpc) is 3.04. The predicted molar refractivity (Wildman–Crippen MR) is 88.0 cm³/mol. The molecule has 0 spiro atoms. The zero-order valence-corrected chi connectivity index (χ0v) is 14.3. The van der Waals surface area contributed by atoms with Crippen molar-refractivity contribution in [2.24, 2.45) is 23.2 Å². The van der Waals surface area contributed by atoms with Crippen LogP contribution >= 0.6 is 0 Å². The summed E-state index contributed by atoms with van der Waals surface area (Å²) in [5.74, 6) is 2.89. The highest BCUT2D eigenvalue weighted by molar-refractivity contribution is 4.91. The molecule has 0 aromatic rings. The quantitative estimate of drug-likeness (QED) is 0.681. The minimum absolute atomic E-state index is 0.541. The zero-order chi connectivity index (χ0) is 14.6. The molecule has 0 amide bonds. The first-order chi connectivity index (χ1) is 9.54. The van der Waals surface area contributed by atoms with Crippen molar-refractivity contribution >= 4 is 0 Å². The summed E-state index contributed by atoms with van der Waals surface area (Å²) in [6.45, 7) is 12.2. The second-order valence-corrected chi connectivity index (χ2v) is 8.05. The molecule has 2 fully saturated rings. The molecule has 4 atom stereocenters. The summed E-state index contributed by atoms with van der Waals surface area (Å²) < 4.78 is 0. The van der Waals surface area contributed by atoms with Crippen LogP contribution in [0, 0.1) is 23.2 Å². The average molecular weight is 280 g/mol. The van der Waals surface area contributed by atoms with E-state index in [4.69, 9.17) is 0 Å². The lowest BCUT2D eigenvalue weighted by molar-refractivity contribution is 0.0895. The molecule has 4 unspecified atom stereocenters. The minimum atomic E-state index is 0.541. The Kier molecular flexibility index (Phi) is 5.92. The van der Waals surface area contributed by atoms with Crippen molar-refractivity contribution in [3.8, 4) is 0 Å². The Labute approximate surface area is 126 Å². The second kappa shape index (κ2) is 7.26. The van der Waals surface area contributed by atoms with Crippen LogP contribution in [0.2, 0.25) is 0 Å². The largest absolute Gasteiger partial charge is 0.316 e. The summed E-state index contributed by atoms with van der Waals surface area (Å²) in [7, 11) is 2.35. The molecule has 0 heterocycles. The topological polar surface area (TPSA) is 15.3 Å².